The summed E-state index contributed by atoms with van der Waals surface area (Å²) in [4.78, 5) is 12.5. The van der Waals surface area contributed by atoms with Crippen molar-refractivity contribution in [2.75, 3.05) is 13.7 Å². The summed E-state index contributed by atoms with van der Waals surface area (Å²) < 4.78 is 16.7. The first-order chi connectivity index (χ1) is 13.6. The molecule has 0 saturated heterocycles. The van der Waals surface area contributed by atoms with E-state index >= 15 is 0 Å². The number of nitrogens with one attached hydrogen (secondary N) is 1. The predicted octanol–water partition coefficient (Wildman–Crippen LogP) is 4.06. The Labute approximate surface area is 167 Å². The highest BCUT2D eigenvalue weighted by atomic mass is 16.5. The van der Waals surface area contributed by atoms with Crippen LogP contribution in [0.2, 0.25) is 0 Å². The summed E-state index contributed by atoms with van der Waals surface area (Å²) >= 11 is 0. The molecule has 0 aliphatic heterocycles. The maximum atomic E-state index is 12.5. The molecule has 0 radical (unpaired) electrons. The van der Waals surface area contributed by atoms with Crippen LogP contribution in [0.25, 0.3) is 0 Å². The van der Waals surface area contributed by atoms with Gasteiger partial charge in [0.2, 0.25) is 0 Å². The molecule has 1 amide bonds. The number of rotatable bonds is 8. The Morgan fingerprint density at radius 3 is 2.61 bits per heavy atom. The fraction of sp³-hybridized carbons (Fsp3) is 0.435. The largest absolute Gasteiger partial charge is 0.493 e. The smallest absolute Gasteiger partial charge is 0.261 e. The number of amides is 1. The highest BCUT2D eigenvalue weighted by Gasteiger charge is 2.16. The number of carbonyl (C=O) groups is 1. The summed E-state index contributed by atoms with van der Waals surface area (Å²) in [6, 6.07) is 11.8. The molecule has 150 valence electrons. The fourth-order valence-electron chi connectivity index (χ4n) is 3.47. The predicted molar refractivity (Wildman–Crippen MR) is 109 cm³/mol. The van der Waals surface area contributed by atoms with Gasteiger partial charge >= 0.3 is 0 Å². The average molecular weight is 383 g/mol. The summed E-state index contributed by atoms with van der Waals surface area (Å²) in [5.41, 5.74) is 3.69. The van der Waals surface area contributed by atoms with Gasteiger partial charge in [0.1, 0.15) is 5.75 Å². The van der Waals surface area contributed by atoms with Gasteiger partial charge < -0.3 is 19.5 Å². The van der Waals surface area contributed by atoms with Crippen LogP contribution >= 0.6 is 0 Å². The third-order valence-corrected chi connectivity index (χ3v) is 5.00. The third-order valence-electron chi connectivity index (χ3n) is 5.00. The van der Waals surface area contributed by atoms with Gasteiger partial charge in [0, 0.05) is 6.54 Å². The van der Waals surface area contributed by atoms with E-state index in [4.69, 9.17) is 14.2 Å². The maximum absolute atomic E-state index is 12.5. The minimum Gasteiger partial charge on any atom is -0.493 e. The minimum absolute atomic E-state index is 0.147. The lowest BCUT2D eigenvalue weighted by Gasteiger charge is -2.19. The Kier molecular flexibility index (Phi) is 6.80. The van der Waals surface area contributed by atoms with Crippen molar-refractivity contribution in [3.05, 3.63) is 53.1 Å². The fourth-order valence-corrected chi connectivity index (χ4v) is 3.47. The summed E-state index contributed by atoms with van der Waals surface area (Å²) in [7, 11) is 1.61. The Morgan fingerprint density at radius 2 is 1.86 bits per heavy atom. The van der Waals surface area contributed by atoms with Crippen LogP contribution in [0, 0.1) is 0 Å². The van der Waals surface area contributed by atoms with Crippen LogP contribution in [0.4, 0.5) is 0 Å². The first kappa shape index (κ1) is 20.1. The van der Waals surface area contributed by atoms with Gasteiger partial charge in [-0.05, 0) is 80.5 Å². The third kappa shape index (κ3) is 4.97. The molecule has 0 bridgehead atoms. The normalized spacial score (nSPS) is 14.0. The maximum Gasteiger partial charge on any atom is 0.261 e. The lowest BCUT2D eigenvalue weighted by molar-refractivity contribution is -0.127. The van der Waals surface area contributed by atoms with Crippen molar-refractivity contribution < 1.29 is 19.0 Å². The number of ether oxygens (including phenoxy) is 3. The summed E-state index contributed by atoms with van der Waals surface area (Å²) in [5.74, 6) is 1.97. The second-order valence-corrected chi connectivity index (χ2v) is 7.03. The van der Waals surface area contributed by atoms with Gasteiger partial charge in [0.05, 0.1) is 13.7 Å². The number of methoxy groups -OCH3 is 1. The van der Waals surface area contributed by atoms with Crippen LogP contribution in [0.15, 0.2) is 36.4 Å². The molecule has 0 heterocycles. The summed E-state index contributed by atoms with van der Waals surface area (Å²) in [5, 5.41) is 2.93. The number of aryl methyl sites for hydroxylation is 2. The first-order valence-electron chi connectivity index (χ1n) is 9.96. The molecular formula is C23H29NO4. The Hall–Kier alpha value is -2.69. The molecule has 5 heteroatoms. The number of benzene rings is 2. The van der Waals surface area contributed by atoms with Gasteiger partial charge in [0.15, 0.2) is 17.6 Å². The van der Waals surface area contributed by atoms with E-state index in [-0.39, 0.29) is 5.91 Å². The molecule has 1 atom stereocenters. The van der Waals surface area contributed by atoms with Crippen molar-refractivity contribution in [2.24, 2.45) is 0 Å². The van der Waals surface area contributed by atoms with E-state index in [0.717, 1.165) is 24.2 Å². The molecule has 28 heavy (non-hydrogen) atoms. The molecule has 0 spiro atoms. The van der Waals surface area contributed by atoms with E-state index in [1.165, 1.54) is 24.0 Å². The molecular weight excluding hydrogens is 354 g/mol. The van der Waals surface area contributed by atoms with Crippen LogP contribution < -0.4 is 19.5 Å². The SMILES string of the molecule is CCOc1cc(CNC(=O)[C@@H](C)Oc2ccc3c(c2)CCCC3)ccc1OC. The molecule has 0 unspecified atom stereocenters. The lowest BCUT2D eigenvalue weighted by Crippen LogP contribution is -2.35. The standard InChI is InChI=1S/C23H29NO4/c1-4-27-22-13-17(9-12-21(22)26-3)15-24-23(25)16(2)28-20-11-10-18-7-5-6-8-19(18)14-20/h9-14,16H,4-8,15H2,1-3H3,(H,24,25)/t16-/m1/s1. The molecule has 2 aromatic rings. The van der Waals surface area contributed by atoms with E-state index < -0.39 is 6.10 Å². The number of hydrogen-bond acceptors (Lipinski definition) is 4. The van der Waals surface area contributed by atoms with E-state index in [1.54, 1.807) is 14.0 Å². The van der Waals surface area contributed by atoms with Gasteiger partial charge in [-0.3, -0.25) is 4.79 Å². The number of fused-ring (bicyclic) bond motifs is 1. The van der Waals surface area contributed by atoms with Crippen molar-refractivity contribution in [1.29, 1.82) is 0 Å². The molecule has 1 aliphatic rings. The zero-order chi connectivity index (χ0) is 19.9. The van der Waals surface area contributed by atoms with Crippen molar-refractivity contribution in [3.63, 3.8) is 0 Å². The van der Waals surface area contributed by atoms with Crippen molar-refractivity contribution in [1.82, 2.24) is 5.32 Å². The van der Waals surface area contributed by atoms with E-state index in [2.05, 4.69) is 17.4 Å². The first-order valence-corrected chi connectivity index (χ1v) is 9.96. The molecule has 0 fully saturated rings. The van der Waals surface area contributed by atoms with Gasteiger partial charge in [-0.1, -0.05) is 12.1 Å². The molecule has 0 aromatic heterocycles. The zero-order valence-corrected chi connectivity index (χ0v) is 16.9. The molecule has 1 aliphatic carbocycles. The van der Waals surface area contributed by atoms with Crippen LogP contribution in [0.3, 0.4) is 0 Å². The van der Waals surface area contributed by atoms with Gasteiger partial charge in [-0.2, -0.15) is 0 Å². The monoisotopic (exact) mass is 383 g/mol. The van der Waals surface area contributed by atoms with E-state index in [9.17, 15) is 4.79 Å². The highest BCUT2D eigenvalue weighted by molar-refractivity contribution is 5.80. The second-order valence-electron chi connectivity index (χ2n) is 7.03. The molecule has 0 saturated carbocycles. The Balaban J connectivity index is 1.56. The van der Waals surface area contributed by atoms with Crippen molar-refractivity contribution >= 4 is 5.91 Å². The quantitative estimate of drug-likeness (QED) is 0.747. The summed E-state index contributed by atoms with van der Waals surface area (Å²) in [6.45, 7) is 4.65. The van der Waals surface area contributed by atoms with Crippen molar-refractivity contribution in [3.8, 4) is 17.2 Å². The average Bonchev–Trinajstić information content (AvgIpc) is 2.72. The molecule has 5 nitrogen and oxygen atoms in total. The molecule has 1 N–H and O–H groups in total. The van der Waals surface area contributed by atoms with Gasteiger partial charge in [-0.15, -0.1) is 0 Å². The van der Waals surface area contributed by atoms with Gasteiger partial charge in [-0.25, -0.2) is 0 Å². The van der Waals surface area contributed by atoms with Crippen LogP contribution in [-0.2, 0) is 24.2 Å². The Bertz CT molecular complexity index is 818. The number of hydrogen-bond donors (Lipinski definition) is 1. The van der Waals surface area contributed by atoms with E-state index in [1.807, 2.05) is 31.2 Å². The Morgan fingerprint density at radius 1 is 1.07 bits per heavy atom. The summed E-state index contributed by atoms with van der Waals surface area (Å²) in [6.07, 6.45) is 4.14. The zero-order valence-electron chi connectivity index (χ0n) is 16.9. The second kappa shape index (κ2) is 9.49. The van der Waals surface area contributed by atoms with E-state index in [0.29, 0.717) is 24.7 Å². The topological polar surface area (TPSA) is 56.8 Å². The van der Waals surface area contributed by atoms with Gasteiger partial charge in [0.25, 0.3) is 5.91 Å². The number of carbonyl (C=O) groups excluding carboxylic acids is 1. The molecule has 3 rings (SSSR count). The minimum atomic E-state index is -0.564. The van der Waals surface area contributed by atoms with Crippen LogP contribution in [0.1, 0.15) is 43.4 Å². The van der Waals surface area contributed by atoms with Crippen LogP contribution in [-0.4, -0.2) is 25.7 Å². The lowest BCUT2D eigenvalue weighted by atomic mass is 9.92. The van der Waals surface area contributed by atoms with Crippen LogP contribution in [0.5, 0.6) is 17.2 Å². The highest BCUT2D eigenvalue weighted by Crippen LogP contribution is 2.28. The van der Waals surface area contributed by atoms with Crippen molar-refractivity contribution in [2.45, 2.75) is 52.2 Å². The molecule has 2 aromatic carbocycles.